The summed E-state index contributed by atoms with van der Waals surface area (Å²) in [6, 6.07) is 0. The summed E-state index contributed by atoms with van der Waals surface area (Å²) in [4.78, 5) is 22.5. The number of amides is 1. The molecular weight excluding hydrogens is 665 g/mol. The molecule has 4 aliphatic carbocycles. The average Bonchev–Trinajstić information content (AvgIpc) is 3.45. The van der Waals surface area contributed by atoms with Gasteiger partial charge in [-0.2, -0.15) is 0 Å². The summed E-state index contributed by atoms with van der Waals surface area (Å²) in [5, 5.41) is 2.92. The molecule has 0 bridgehead atoms. The molecule has 10 heteroatoms. The number of ether oxygens (including phenoxy) is 4. The number of rotatable bonds is 22. The van der Waals surface area contributed by atoms with E-state index >= 15 is 0 Å². The van der Waals surface area contributed by atoms with Crippen LogP contribution in [0.4, 0.5) is 4.79 Å². The van der Waals surface area contributed by atoms with Crippen LogP contribution in [0.3, 0.4) is 0 Å². The number of nitrogens with one attached hydrogen (secondary N) is 1. The van der Waals surface area contributed by atoms with Crippen LogP contribution in [0.2, 0.25) is 0 Å². The molecule has 0 radical (unpaired) electrons. The van der Waals surface area contributed by atoms with Gasteiger partial charge in [0.2, 0.25) is 0 Å². The van der Waals surface area contributed by atoms with Crippen molar-refractivity contribution in [2.45, 2.75) is 144 Å². The molecule has 0 saturated heterocycles. The first kappa shape index (κ1) is 42.8. The van der Waals surface area contributed by atoms with Crippen LogP contribution >= 0.6 is 7.60 Å². The SMILES string of the molecule is CCC(C)P(=O)(O)OCCOCCOCCOCCCNC(=O)O[C@H]1CC[C@@]2(C)C(=CCC3C4CCC([C@H](C)CCCC(C)C)[C@@]4(C)CCC32)C1. The monoisotopic (exact) mass is 740 g/mol. The van der Waals surface area contributed by atoms with Crippen LogP contribution in [-0.4, -0.2) is 75.5 Å². The Morgan fingerprint density at radius 2 is 1.59 bits per heavy atom. The summed E-state index contributed by atoms with van der Waals surface area (Å²) in [6.45, 7) is 19.1. The minimum absolute atomic E-state index is 0.0386. The minimum Gasteiger partial charge on any atom is -0.446 e. The van der Waals surface area contributed by atoms with Gasteiger partial charge in [-0.1, -0.05) is 79.4 Å². The number of allylic oxidation sites excluding steroid dienone is 1. The molecule has 0 aromatic heterocycles. The molecule has 0 aromatic rings. The average molecular weight is 740 g/mol. The maximum Gasteiger partial charge on any atom is 0.407 e. The first-order valence-electron chi connectivity index (χ1n) is 20.7. The van der Waals surface area contributed by atoms with E-state index < -0.39 is 7.60 Å². The lowest BCUT2D eigenvalue weighted by Crippen LogP contribution is -2.51. The molecule has 296 valence electrons. The fourth-order valence-electron chi connectivity index (χ4n) is 10.4. The maximum absolute atomic E-state index is 12.7. The molecule has 0 heterocycles. The topological polar surface area (TPSA) is 113 Å². The number of fused-ring (bicyclic) bond motifs is 5. The van der Waals surface area contributed by atoms with Crippen molar-refractivity contribution in [2.75, 3.05) is 52.8 Å². The smallest absolute Gasteiger partial charge is 0.407 e. The van der Waals surface area contributed by atoms with Crippen molar-refractivity contribution in [2.24, 2.45) is 46.3 Å². The van der Waals surface area contributed by atoms with Gasteiger partial charge in [-0.3, -0.25) is 4.57 Å². The zero-order valence-corrected chi connectivity index (χ0v) is 34.2. The summed E-state index contributed by atoms with van der Waals surface area (Å²) in [7, 11) is -3.56. The normalized spacial score (nSPS) is 32.6. The lowest BCUT2D eigenvalue weighted by Gasteiger charge is -2.58. The number of hydrogen-bond acceptors (Lipinski definition) is 7. The highest BCUT2D eigenvalue weighted by Gasteiger charge is 2.59. The van der Waals surface area contributed by atoms with E-state index in [9.17, 15) is 14.3 Å². The van der Waals surface area contributed by atoms with Crippen molar-refractivity contribution < 1.29 is 37.7 Å². The molecule has 0 aliphatic heterocycles. The first-order valence-corrected chi connectivity index (χ1v) is 22.3. The van der Waals surface area contributed by atoms with Gasteiger partial charge in [0.1, 0.15) is 6.10 Å². The molecule has 10 atom stereocenters. The fourth-order valence-corrected chi connectivity index (χ4v) is 11.5. The number of hydrogen-bond donors (Lipinski definition) is 2. The van der Waals surface area contributed by atoms with Crippen molar-refractivity contribution in [3.05, 3.63) is 11.6 Å². The number of carbonyl (C=O) groups is 1. The van der Waals surface area contributed by atoms with Gasteiger partial charge >= 0.3 is 13.7 Å². The molecular formula is C41H74NO8P. The highest BCUT2D eigenvalue weighted by molar-refractivity contribution is 7.53. The molecule has 3 saturated carbocycles. The number of alkyl carbamates (subject to hydrolysis) is 1. The Labute approximate surface area is 310 Å². The van der Waals surface area contributed by atoms with Crippen LogP contribution in [-0.2, 0) is 28.0 Å². The Morgan fingerprint density at radius 3 is 2.27 bits per heavy atom. The van der Waals surface area contributed by atoms with Crippen LogP contribution in [0, 0.1) is 46.3 Å². The van der Waals surface area contributed by atoms with Gasteiger partial charge in [0.05, 0.1) is 45.3 Å². The Hall–Kier alpha value is -0.960. The zero-order valence-electron chi connectivity index (χ0n) is 33.3. The van der Waals surface area contributed by atoms with Crippen LogP contribution in [0.5, 0.6) is 0 Å². The zero-order chi connectivity index (χ0) is 37.1. The van der Waals surface area contributed by atoms with Gasteiger partial charge in [0.25, 0.3) is 0 Å². The lowest BCUT2D eigenvalue weighted by atomic mass is 9.47. The van der Waals surface area contributed by atoms with Crippen LogP contribution < -0.4 is 5.32 Å². The van der Waals surface area contributed by atoms with Crippen molar-refractivity contribution in [3.63, 3.8) is 0 Å². The molecule has 3 fully saturated rings. The molecule has 9 nitrogen and oxygen atoms in total. The fraction of sp³-hybridized carbons (Fsp3) is 0.927. The van der Waals surface area contributed by atoms with E-state index in [1.54, 1.807) is 12.5 Å². The highest BCUT2D eigenvalue weighted by Crippen LogP contribution is 2.67. The molecule has 4 aliphatic rings. The van der Waals surface area contributed by atoms with E-state index in [0.717, 1.165) is 54.8 Å². The maximum atomic E-state index is 12.7. The Bertz CT molecular complexity index is 1150. The second kappa shape index (κ2) is 20.1. The Morgan fingerprint density at radius 1 is 0.902 bits per heavy atom. The Kier molecular flexibility index (Phi) is 16.9. The summed E-state index contributed by atoms with van der Waals surface area (Å²) in [5.74, 6) is 4.99. The summed E-state index contributed by atoms with van der Waals surface area (Å²) in [6.07, 6.45) is 17.4. The van der Waals surface area contributed by atoms with Gasteiger partial charge in [-0.15, -0.1) is 0 Å². The molecule has 51 heavy (non-hydrogen) atoms. The van der Waals surface area contributed by atoms with Gasteiger partial charge in [0.15, 0.2) is 0 Å². The molecule has 1 amide bonds. The van der Waals surface area contributed by atoms with Gasteiger partial charge in [0, 0.05) is 19.6 Å². The predicted octanol–water partition coefficient (Wildman–Crippen LogP) is 9.56. The van der Waals surface area contributed by atoms with E-state index in [1.165, 1.54) is 51.4 Å². The third kappa shape index (κ3) is 11.5. The second-order valence-electron chi connectivity index (χ2n) is 17.3. The first-order chi connectivity index (χ1) is 24.3. The second-order valence-corrected chi connectivity index (χ2v) is 19.6. The molecule has 0 aromatic carbocycles. The molecule has 4 rings (SSSR count). The summed E-state index contributed by atoms with van der Waals surface area (Å²) in [5.41, 5.74) is 1.94. The number of carbonyl (C=O) groups excluding carboxylic acids is 1. The van der Waals surface area contributed by atoms with Crippen molar-refractivity contribution in [1.82, 2.24) is 5.32 Å². The van der Waals surface area contributed by atoms with Crippen LogP contribution in [0.25, 0.3) is 0 Å². The van der Waals surface area contributed by atoms with Gasteiger partial charge in [-0.05, 0) is 104 Å². The lowest BCUT2D eigenvalue weighted by molar-refractivity contribution is -0.0581. The predicted molar refractivity (Wildman–Crippen MR) is 204 cm³/mol. The van der Waals surface area contributed by atoms with E-state index in [0.29, 0.717) is 57.8 Å². The van der Waals surface area contributed by atoms with Gasteiger partial charge in [-0.25, -0.2) is 4.79 Å². The molecule has 6 unspecified atom stereocenters. The largest absolute Gasteiger partial charge is 0.446 e. The third-order valence-corrected chi connectivity index (χ3v) is 15.7. The molecule has 0 spiro atoms. The minimum atomic E-state index is -3.56. The quantitative estimate of drug-likeness (QED) is 0.0642. The van der Waals surface area contributed by atoms with Gasteiger partial charge < -0.3 is 33.7 Å². The summed E-state index contributed by atoms with van der Waals surface area (Å²) < 4.78 is 39.5. The van der Waals surface area contributed by atoms with E-state index in [1.807, 2.05) is 6.92 Å². The van der Waals surface area contributed by atoms with Crippen LogP contribution in [0.1, 0.15) is 132 Å². The van der Waals surface area contributed by atoms with E-state index in [4.69, 9.17) is 23.5 Å². The third-order valence-electron chi connectivity index (χ3n) is 13.7. The Balaban J connectivity index is 1.06. The van der Waals surface area contributed by atoms with Crippen LogP contribution in [0.15, 0.2) is 11.6 Å². The summed E-state index contributed by atoms with van der Waals surface area (Å²) >= 11 is 0. The molecule has 2 N–H and O–H groups in total. The van der Waals surface area contributed by atoms with Crippen molar-refractivity contribution in [1.29, 1.82) is 0 Å². The van der Waals surface area contributed by atoms with E-state index in [2.05, 4.69) is 46.0 Å². The van der Waals surface area contributed by atoms with E-state index in [-0.39, 0.29) is 36.5 Å². The highest BCUT2D eigenvalue weighted by atomic mass is 31.2. The van der Waals surface area contributed by atoms with Crippen molar-refractivity contribution in [3.8, 4) is 0 Å². The van der Waals surface area contributed by atoms with Crippen molar-refractivity contribution >= 4 is 13.7 Å². The standard InChI is InChI=1S/C41H74NO8P/c1-8-32(5)51(44,45)49-28-27-48-26-25-47-24-23-46-22-10-21-42-39(43)50-34-17-19-40(6)33(29-34)13-14-35-37-16-15-36(31(4)12-9-11-30(2)3)41(37,7)20-18-38(35)40/h13,30-32,34-38H,8-12,14-29H2,1-7H3,(H,42,43)(H,44,45)/t31-,32?,34+,35?,36?,37?,38?,40+,41-/m1/s1.